The minimum Gasteiger partial charge on any atom is -0.377 e. The summed E-state index contributed by atoms with van der Waals surface area (Å²) in [5.74, 6) is 0. The maximum absolute atomic E-state index is 5.56. The van der Waals surface area contributed by atoms with Gasteiger partial charge in [0.15, 0.2) is 0 Å². The molecule has 0 atom stereocenters. The second-order valence-corrected chi connectivity index (χ2v) is 7.49. The monoisotopic (exact) mass is 367 g/mol. The first kappa shape index (κ1) is 13.0. The Hall–Kier alpha value is 0.580. The van der Waals surface area contributed by atoms with Crippen LogP contribution >= 0.6 is 43.2 Å². The molecule has 0 radical (unpaired) electrons. The molecule has 1 aromatic rings. The van der Waals surface area contributed by atoms with Gasteiger partial charge in [-0.3, -0.25) is 0 Å². The van der Waals surface area contributed by atoms with Gasteiger partial charge in [-0.15, -0.1) is 11.3 Å². The Labute approximate surface area is 117 Å². The van der Waals surface area contributed by atoms with E-state index in [0.29, 0.717) is 0 Å². The lowest BCUT2D eigenvalue weighted by atomic mass is 9.80. The maximum atomic E-state index is 5.56. The zero-order valence-corrected chi connectivity index (χ0v) is 13.2. The van der Waals surface area contributed by atoms with Crippen LogP contribution in [0, 0.1) is 0 Å². The number of thiophene rings is 1. The zero-order chi connectivity index (χ0) is 11.6. The van der Waals surface area contributed by atoms with E-state index in [9.17, 15) is 0 Å². The van der Waals surface area contributed by atoms with E-state index < -0.39 is 0 Å². The predicted octanol–water partition coefficient (Wildman–Crippen LogP) is 3.93. The largest absolute Gasteiger partial charge is 0.377 e. The summed E-state index contributed by atoms with van der Waals surface area (Å²) in [5, 5.41) is 3.48. The summed E-state index contributed by atoms with van der Waals surface area (Å²) in [6, 6.07) is 2.15. The van der Waals surface area contributed by atoms with Crippen molar-refractivity contribution in [2.45, 2.75) is 31.4 Å². The Morgan fingerprint density at radius 3 is 2.69 bits per heavy atom. The number of ether oxygens (including phenoxy) is 1. The molecule has 1 heterocycles. The minimum absolute atomic E-state index is 0.117. The van der Waals surface area contributed by atoms with E-state index in [0.717, 1.165) is 21.3 Å². The lowest BCUT2D eigenvalue weighted by Gasteiger charge is -2.40. The van der Waals surface area contributed by atoms with Gasteiger partial charge >= 0.3 is 0 Å². The molecular formula is C11H15Br2NOS. The smallest absolute Gasteiger partial charge is 0.0843 e. The van der Waals surface area contributed by atoms with Crippen LogP contribution < -0.4 is 5.32 Å². The molecule has 2 rings (SSSR count). The first-order chi connectivity index (χ1) is 7.65. The molecule has 0 aromatic carbocycles. The van der Waals surface area contributed by atoms with Gasteiger partial charge in [-0.25, -0.2) is 0 Å². The second-order valence-electron chi connectivity index (χ2n) is 4.18. The predicted molar refractivity (Wildman–Crippen MR) is 75.0 cm³/mol. The van der Waals surface area contributed by atoms with Gasteiger partial charge < -0.3 is 10.1 Å². The Bertz CT molecular complexity index is 338. The molecule has 0 aliphatic heterocycles. The van der Waals surface area contributed by atoms with Crippen LogP contribution in [0.4, 0.5) is 0 Å². The maximum Gasteiger partial charge on any atom is 0.0843 e. The molecule has 1 aliphatic rings. The molecule has 0 spiro atoms. The summed E-state index contributed by atoms with van der Waals surface area (Å²) in [6.45, 7) is 1.87. The average Bonchev–Trinajstić information content (AvgIpc) is 2.51. The summed E-state index contributed by atoms with van der Waals surface area (Å²) in [7, 11) is 1.82. The highest BCUT2D eigenvalue weighted by molar-refractivity contribution is 9.13. The fourth-order valence-electron chi connectivity index (χ4n) is 1.92. The first-order valence-electron chi connectivity index (χ1n) is 5.35. The van der Waals surface area contributed by atoms with Gasteiger partial charge in [0.05, 0.1) is 9.39 Å². The van der Waals surface area contributed by atoms with Crippen molar-refractivity contribution in [1.29, 1.82) is 0 Å². The zero-order valence-electron chi connectivity index (χ0n) is 9.19. The molecule has 90 valence electrons. The Morgan fingerprint density at radius 1 is 1.50 bits per heavy atom. The highest BCUT2D eigenvalue weighted by atomic mass is 79.9. The van der Waals surface area contributed by atoms with Crippen LogP contribution in [0.15, 0.2) is 14.3 Å². The topological polar surface area (TPSA) is 21.3 Å². The van der Waals surface area contributed by atoms with Gasteiger partial charge in [-0.1, -0.05) is 0 Å². The summed E-state index contributed by atoms with van der Waals surface area (Å²) in [6.07, 6.45) is 3.67. The molecule has 1 aliphatic carbocycles. The van der Waals surface area contributed by atoms with Crippen molar-refractivity contribution in [3.05, 3.63) is 19.2 Å². The normalized spacial score (nSPS) is 18.4. The molecule has 16 heavy (non-hydrogen) atoms. The number of methoxy groups -OCH3 is 1. The standard InChI is InChI=1S/C11H15Br2NOS/c1-15-11(3-2-4-11)7-14-6-8-5-9(12)10(13)16-8/h5,14H,2-4,6-7H2,1H3. The lowest BCUT2D eigenvalue weighted by molar-refractivity contribution is -0.0695. The average molecular weight is 369 g/mol. The van der Waals surface area contributed by atoms with Crippen molar-refractivity contribution in [2.75, 3.05) is 13.7 Å². The third-order valence-electron chi connectivity index (χ3n) is 3.14. The Kier molecular flexibility index (Phi) is 4.46. The van der Waals surface area contributed by atoms with Crippen LogP contribution in [-0.4, -0.2) is 19.3 Å². The van der Waals surface area contributed by atoms with Crippen LogP contribution in [0.1, 0.15) is 24.1 Å². The van der Waals surface area contributed by atoms with E-state index in [1.54, 1.807) is 11.3 Å². The van der Waals surface area contributed by atoms with E-state index in [1.165, 1.54) is 24.1 Å². The Morgan fingerprint density at radius 2 is 2.25 bits per heavy atom. The van der Waals surface area contributed by atoms with Gasteiger partial charge in [0.25, 0.3) is 0 Å². The molecule has 1 saturated carbocycles. The number of halogens is 2. The molecule has 2 nitrogen and oxygen atoms in total. The van der Waals surface area contributed by atoms with Crippen molar-refractivity contribution in [2.24, 2.45) is 0 Å². The van der Waals surface area contributed by atoms with Crippen LogP contribution in [0.2, 0.25) is 0 Å². The number of nitrogens with one attached hydrogen (secondary N) is 1. The van der Waals surface area contributed by atoms with Gasteiger partial charge in [0, 0.05) is 29.5 Å². The summed E-state index contributed by atoms with van der Waals surface area (Å²) in [5.41, 5.74) is 0.117. The van der Waals surface area contributed by atoms with Crippen LogP contribution in [0.25, 0.3) is 0 Å². The van der Waals surface area contributed by atoms with Crippen molar-refractivity contribution in [3.8, 4) is 0 Å². The highest BCUT2D eigenvalue weighted by Gasteiger charge is 2.36. The third-order valence-corrected chi connectivity index (χ3v) is 6.40. The fraction of sp³-hybridized carbons (Fsp3) is 0.636. The Balaban J connectivity index is 1.79. The van der Waals surface area contributed by atoms with E-state index >= 15 is 0 Å². The van der Waals surface area contributed by atoms with Crippen molar-refractivity contribution in [1.82, 2.24) is 5.32 Å². The summed E-state index contributed by atoms with van der Waals surface area (Å²) >= 11 is 8.77. The van der Waals surface area contributed by atoms with E-state index in [4.69, 9.17) is 4.74 Å². The van der Waals surface area contributed by atoms with Crippen molar-refractivity contribution >= 4 is 43.2 Å². The number of hydrogen-bond donors (Lipinski definition) is 1. The first-order valence-corrected chi connectivity index (χ1v) is 7.75. The van der Waals surface area contributed by atoms with Crippen LogP contribution in [-0.2, 0) is 11.3 Å². The van der Waals surface area contributed by atoms with E-state index in [-0.39, 0.29) is 5.60 Å². The molecule has 1 N–H and O–H groups in total. The van der Waals surface area contributed by atoms with Crippen LogP contribution in [0.3, 0.4) is 0 Å². The summed E-state index contributed by atoms with van der Waals surface area (Å²) < 4.78 is 7.86. The number of rotatable bonds is 5. The minimum atomic E-state index is 0.117. The highest BCUT2D eigenvalue weighted by Crippen LogP contribution is 2.35. The number of hydrogen-bond acceptors (Lipinski definition) is 3. The fourth-order valence-corrected chi connectivity index (χ4v) is 4.06. The second kappa shape index (κ2) is 5.48. The molecule has 0 bridgehead atoms. The SMILES string of the molecule is COC1(CNCc2cc(Br)c(Br)s2)CCC1. The molecular weight excluding hydrogens is 354 g/mol. The molecule has 0 unspecified atom stereocenters. The third kappa shape index (κ3) is 2.88. The van der Waals surface area contributed by atoms with Gasteiger partial charge in [-0.2, -0.15) is 0 Å². The van der Waals surface area contributed by atoms with Gasteiger partial charge in [0.2, 0.25) is 0 Å². The molecule has 1 aromatic heterocycles. The molecule has 1 fully saturated rings. The van der Waals surface area contributed by atoms with Crippen molar-refractivity contribution < 1.29 is 4.74 Å². The molecule has 0 amide bonds. The van der Waals surface area contributed by atoms with Crippen molar-refractivity contribution in [3.63, 3.8) is 0 Å². The molecule has 5 heteroatoms. The van der Waals surface area contributed by atoms with Gasteiger partial charge in [-0.05, 0) is 57.2 Å². The van der Waals surface area contributed by atoms with Gasteiger partial charge in [0.1, 0.15) is 0 Å². The van der Waals surface area contributed by atoms with E-state index in [1.807, 2.05) is 7.11 Å². The molecule has 0 saturated heterocycles. The lowest BCUT2D eigenvalue weighted by Crippen LogP contribution is -2.47. The van der Waals surface area contributed by atoms with Crippen LogP contribution in [0.5, 0.6) is 0 Å². The van der Waals surface area contributed by atoms with E-state index in [2.05, 4.69) is 43.2 Å². The summed E-state index contributed by atoms with van der Waals surface area (Å²) in [4.78, 5) is 1.34. The quantitative estimate of drug-likeness (QED) is 0.850.